The number of hydrogen-bond donors (Lipinski definition) is 1. The number of hydrogen-bond acceptors (Lipinski definition) is 3. The van der Waals surface area contributed by atoms with Crippen molar-refractivity contribution in [3.8, 4) is 0 Å². The predicted octanol–water partition coefficient (Wildman–Crippen LogP) is 3.32. The van der Waals surface area contributed by atoms with Gasteiger partial charge in [-0.2, -0.15) is 0 Å². The zero-order valence-corrected chi connectivity index (χ0v) is 12.7. The smallest absolute Gasteiger partial charge is 0.226 e. The molecule has 2 aliphatic carbocycles. The molecule has 1 N–H and O–H groups in total. The fraction of sp³-hybridized carbons (Fsp3) is 0.688. The van der Waals surface area contributed by atoms with E-state index in [0.717, 1.165) is 45.1 Å². The molecular weight excluding hydrogens is 270 g/mol. The van der Waals surface area contributed by atoms with Gasteiger partial charge < -0.3 is 10.0 Å². The van der Waals surface area contributed by atoms with Gasteiger partial charge in [-0.3, -0.25) is 4.79 Å². The maximum Gasteiger partial charge on any atom is 0.226 e. The first-order valence-electron chi connectivity index (χ1n) is 7.71. The molecule has 1 aromatic heterocycles. The number of carbonyl (C=O) groups excluding carboxylic acids is 1. The zero-order valence-electron chi connectivity index (χ0n) is 11.9. The van der Waals surface area contributed by atoms with Crippen molar-refractivity contribution in [2.75, 3.05) is 0 Å². The van der Waals surface area contributed by atoms with Gasteiger partial charge in [0.25, 0.3) is 0 Å². The molecule has 0 unspecified atom stereocenters. The van der Waals surface area contributed by atoms with Crippen molar-refractivity contribution in [2.45, 2.75) is 69.6 Å². The summed E-state index contributed by atoms with van der Waals surface area (Å²) in [7, 11) is 0. The van der Waals surface area contributed by atoms with Crippen LogP contribution in [0.2, 0.25) is 0 Å². The van der Waals surface area contributed by atoms with Crippen LogP contribution in [0.4, 0.5) is 0 Å². The second kappa shape index (κ2) is 5.86. The van der Waals surface area contributed by atoms with Crippen LogP contribution in [0.15, 0.2) is 17.5 Å². The van der Waals surface area contributed by atoms with E-state index in [1.54, 1.807) is 11.3 Å². The minimum Gasteiger partial charge on any atom is -0.389 e. The lowest BCUT2D eigenvalue weighted by molar-refractivity contribution is -0.139. The number of thiophene rings is 1. The molecule has 2 aliphatic rings. The summed E-state index contributed by atoms with van der Waals surface area (Å²) in [6.45, 7) is 0.719. The van der Waals surface area contributed by atoms with E-state index in [0.29, 0.717) is 12.5 Å². The minimum absolute atomic E-state index is 0.144. The average molecular weight is 293 g/mol. The molecule has 2 saturated carbocycles. The second-order valence-corrected chi connectivity index (χ2v) is 7.33. The fourth-order valence-electron chi connectivity index (χ4n) is 3.15. The summed E-state index contributed by atoms with van der Waals surface area (Å²) >= 11 is 1.70. The van der Waals surface area contributed by atoms with Gasteiger partial charge in [-0.25, -0.2) is 0 Å². The van der Waals surface area contributed by atoms with Crippen LogP contribution in [-0.4, -0.2) is 27.6 Å². The Morgan fingerprint density at radius 2 is 2.10 bits per heavy atom. The largest absolute Gasteiger partial charge is 0.389 e. The molecule has 1 heterocycles. The molecule has 0 aliphatic heterocycles. The summed E-state index contributed by atoms with van der Waals surface area (Å²) in [5.74, 6) is 0.144. The van der Waals surface area contributed by atoms with Gasteiger partial charge in [0, 0.05) is 10.9 Å². The Bertz CT molecular complexity index is 447. The summed E-state index contributed by atoms with van der Waals surface area (Å²) in [6, 6.07) is 4.53. The summed E-state index contributed by atoms with van der Waals surface area (Å²) in [6.07, 6.45) is 7.43. The van der Waals surface area contributed by atoms with E-state index < -0.39 is 5.60 Å². The molecule has 110 valence electrons. The van der Waals surface area contributed by atoms with E-state index in [2.05, 4.69) is 11.4 Å². The highest BCUT2D eigenvalue weighted by molar-refractivity contribution is 7.09. The Kier molecular flexibility index (Phi) is 4.13. The van der Waals surface area contributed by atoms with Crippen LogP contribution in [0.5, 0.6) is 0 Å². The van der Waals surface area contributed by atoms with Crippen molar-refractivity contribution in [2.24, 2.45) is 0 Å². The third-order valence-electron chi connectivity index (χ3n) is 4.48. The summed E-state index contributed by atoms with van der Waals surface area (Å²) < 4.78 is 0. The molecule has 0 bridgehead atoms. The number of amides is 1. The Balaban J connectivity index is 1.63. The number of nitrogens with zero attached hydrogens (tertiary/aromatic N) is 1. The molecule has 3 nitrogen and oxygen atoms in total. The van der Waals surface area contributed by atoms with Crippen molar-refractivity contribution >= 4 is 17.2 Å². The Morgan fingerprint density at radius 1 is 1.35 bits per heavy atom. The highest BCUT2D eigenvalue weighted by Gasteiger charge is 2.38. The van der Waals surface area contributed by atoms with E-state index in [4.69, 9.17) is 0 Å². The maximum atomic E-state index is 12.6. The highest BCUT2D eigenvalue weighted by atomic mass is 32.1. The van der Waals surface area contributed by atoms with Crippen molar-refractivity contribution in [3.05, 3.63) is 22.4 Å². The predicted molar refractivity (Wildman–Crippen MR) is 80.5 cm³/mol. The van der Waals surface area contributed by atoms with E-state index in [1.165, 1.54) is 11.3 Å². The van der Waals surface area contributed by atoms with Crippen LogP contribution >= 0.6 is 11.3 Å². The van der Waals surface area contributed by atoms with E-state index >= 15 is 0 Å². The van der Waals surface area contributed by atoms with Gasteiger partial charge in [-0.1, -0.05) is 25.3 Å². The van der Waals surface area contributed by atoms with Crippen LogP contribution in [0, 0.1) is 0 Å². The Labute approximate surface area is 124 Å². The van der Waals surface area contributed by atoms with Crippen LogP contribution in [0.3, 0.4) is 0 Å². The standard InChI is InChI=1S/C16H23NO2S/c18-15(11-16(19)8-2-1-3-9-16)17(13-6-7-13)12-14-5-4-10-20-14/h4-5,10,13,19H,1-3,6-9,11-12H2. The molecule has 0 radical (unpaired) electrons. The van der Waals surface area contributed by atoms with Crippen molar-refractivity contribution in [3.63, 3.8) is 0 Å². The highest BCUT2D eigenvalue weighted by Crippen LogP contribution is 2.34. The molecule has 2 fully saturated rings. The monoisotopic (exact) mass is 293 g/mol. The minimum atomic E-state index is -0.738. The van der Waals surface area contributed by atoms with Crippen LogP contribution in [0.1, 0.15) is 56.2 Å². The van der Waals surface area contributed by atoms with Crippen molar-refractivity contribution < 1.29 is 9.90 Å². The number of rotatable bonds is 5. The first-order valence-corrected chi connectivity index (χ1v) is 8.58. The summed E-state index contributed by atoms with van der Waals surface area (Å²) in [5.41, 5.74) is -0.738. The summed E-state index contributed by atoms with van der Waals surface area (Å²) in [5, 5.41) is 12.6. The Hall–Kier alpha value is -0.870. The molecule has 0 spiro atoms. The first-order chi connectivity index (χ1) is 9.66. The second-order valence-electron chi connectivity index (χ2n) is 6.29. The molecule has 0 saturated heterocycles. The van der Waals surface area contributed by atoms with Crippen molar-refractivity contribution in [1.82, 2.24) is 4.90 Å². The van der Waals surface area contributed by atoms with Crippen LogP contribution in [-0.2, 0) is 11.3 Å². The zero-order chi connectivity index (χ0) is 14.0. The van der Waals surface area contributed by atoms with Gasteiger partial charge >= 0.3 is 0 Å². The van der Waals surface area contributed by atoms with Crippen LogP contribution < -0.4 is 0 Å². The summed E-state index contributed by atoms with van der Waals surface area (Å²) in [4.78, 5) is 15.8. The molecule has 1 amide bonds. The number of carbonyl (C=O) groups is 1. The molecule has 3 rings (SSSR count). The molecule has 4 heteroatoms. The van der Waals surface area contributed by atoms with Gasteiger partial charge in [0.2, 0.25) is 5.91 Å². The maximum absolute atomic E-state index is 12.6. The van der Waals surface area contributed by atoms with Crippen LogP contribution in [0.25, 0.3) is 0 Å². The van der Waals surface area contributed by atoms with E-state index in [9.17, 15) is 9.90 Å². The lowest BCUT2D eigenvalue weighted by Crippen LogP contribution is -2.41. The molecule has 20 heavy (non-hydrogen) atoms. The van der Waals surface area contributed by atoms with Gasteiger partial charge in [0.05, 0.1) is 18.6 Å². The van der Waals surface area contributed by atoms with Gasteiger partial charge in [-0.05, 0) is 37.1 Å². The van der Waals surface area contributed by atoms with E-state index in [1.807, 2.05) is 11.0 Å². The SMILES string of the molecule is O=C(CC1(O)CCCCC1)N(Cc1cccs1)C1CC1. The average Bonchev–Trinajstić information content (AvgIpc) is 3.13. The fourth-order valence-corrected chi connectivity index (χ4v) is 3.85. The van der Waals surface area contributed by atoms with Gasteiger partial charge in [-0.15, -0.1) is 11.3 Å². The molecule has 1 aromatic rings. The topological polar surface area (TPSA) is 40.5 Å². The van der Waals surface area contributed by atoms with Crippen molar-refractivity contribution in [1.29, 1.82) is 0 Å². The molecule has 0 aromatic carbocycles. The normalized spacial score (nSPS) is 21.6. The van der Waals surface area contributed by atoms with Gasteiger partial charge in [0.1, 0.15) is 0 Å². The molecular formula is C16H23NO2S. The first kappa shape index (κ1) is 14.1. The lowest BCUT2D eigenvalue weighted by atomic mass is 9.82. The lowest BCUT2D eigenvalue weighted by Gasteiger charge is -2.33. The van der Waals surface area contributed by atoms with E-state index in [-0.39, 0.29) is 5.91 Å². The third kappa shape index (κ3) is 3.41. The van der Waals surface area contributed by atoms with Gasteiger partial charge in [0.15, 0.2) is 0 Å². The Morgan fingerprint density at radius 3 is 2.70 bits per heavy atom. The quantitative estimate of drug-likeness (QED) is 0.904. The number of aliphatic hydroxyl groups is 1. The third-order valence-corrected chi connectivity index (χ3v) is 5.34. The molecule has 0 atom stereocenters.